The van der Waals surface area contributed by atoms with Gasteiger partial charge in [0.2, 0.25) is 0 Å². The normalized spacial score (nSPS) is 13.1. The number of nitrogens with one attached hydrogen (secondary N) is 1. The number of hydrogen-bond acceptors (Lipinski definition) is 4. The highest BCUT2D eigenvalue weighted by Crippen LogP contribution is 2.33. The highest BCUT2D eigenvalue weighted by atomic mass is 35.5. The number of aliphatic carboxylic acids is 2. The van der Waals surface area contributed by atoms with Gasteiger partial charge >= 0.3 is 11.9 Å². The van der Waals surface area contributed by atoms with Crippen molar-refractivity contribution in [3.8, 4) is 11.5 Å². The fourth-order valence-corrected chi connectivity index (χ4v) is 3.42. The first-order chi connectivity index (χ1) is 13.7. The zero-order valence-electron chi connectivity index (χ0n) is 16.1. The Morgan fingerprint density at radius 2 is 1.66 bits per heavy atom. The molecule has 0 fully saturated rings. The first kappa shape index (κ1) is 23.0. The molecule has 0 aliphatic rings. The van der Waals surface area contributed by atoms with Gasteiger partial charge in [-0.05, 0) is 36.6 Å². The van der Waals surface area contributed by atoms with Gasteiger partial charge in [-0.15, -0.1) is 0 Å². The number of rotatable bonds is 10. The molecule has 0 heterocycles. The minimum Gasteiger partial charge on any atom is -0.481 e. The Balaban J connectivity index is 2.27. The lowest BCUT2D eigenvalue weighted by Gasteiger charge is -2.21. The third-order valence-corrected chi connectivity index (χ3v) is 4.67. The maximum absolute atomic E-state index is 11.9. The SMILES string of the molecule is CC(C)CC(NCC(C(=O)O)c1ccccc1Oc1cc(Cl)cc(Cl)c1)C(=O)O. The van der Waals surface area contributed by atoms with Crippen LogP contribution in [0.3, 0.4) is 0 Å². The van der Waals surface area contributed by atoms with Crippen LogP contribution in [0.1, 0.15) is 31.7 Å². The first-order valence-electron chi connectivity index (χ1n) is 9.09. The molecule has 8 heteroatoms. The number of carboxylic acids is 2. The topological polar surface area (TPSA) is 95.9 Å². The van der Waals surface area contributed by atoms with Gasteiger partial charge < -0.3 is 20.3 Å². The Bertz CT molecular complexity index is 852. The fourth-order valence-electron chi connectivity index (χ4n) is 2.91. The maximum atomic E-state index is 11.9. The van der Waals surface area contributed by atoms with E-state index in [1.807, 2.05) is 13.8 Å². The minimum atomic E-state index is -1.09. The zero-order valence-corrected chi connectivity index (χ0v) is 17.6. The summed E-state index contributed by atoms with van der Waals surface area (Å²) in [7, 11) is 0. The Morgan fingerprint density at radius 3 is 2.21 bits per heavy atom. The van der Waals surface area contributed by atoms with E-state index in [0.717, 1.165) is 0 Å². The largest absolute Gasteiger partial charge is 0.481 e. The minimum absolute atomic E-state index is 0.0598. The van der Waals surface area contributed by atoms with Crippen molar-refractivity contribution < 1.29 is 24.5 Å². The van der Waals surface area contributed by atoms with Crippen LogP contribution in [-0.4, -0.2) is 34.7 Å². The molecular weight excluding hydrogens is 417 g/mol. The van der Waals surface area contributed by atoms with Gasteiger partial charge in [0.25, 0.3) is 0 Å². The second-order valence-electron chi connectivity index (χ2n) is 7.06. The molecule has 0 bridgehead atoms. The summed E-state index contributed by atoms with van der Waals surface area (Å²) in [6.45, 7) is 3.76. The van der Waals surface area contributed by atoms with E-state index in [2.05, 4.69) is 5.32 Å². The number of carbonyl (C=O) groups is 2. The van der Waals surface area contributed by atoms with Crippen molar-refractivity contribution in [1.29, 1.82) is 0 Å². The molecule has 2 rings (SSSR count). The summed E-state index contributed by atoms with van der Waals surface area (Å²) in [6.07, 6.45) is 0.390. The van der Waals surface area contributed by atoms with Gasteiger partial charge in [-0.25, -0.2) is 0 Å². The van der Waals surface area contributed by atoms with Crippen molar-refractivity contribution in [1.82, 2.24) is 5.32 Å². The molecular formula is C21H23Cl2NO5. The van der Waals surface area contributed by atoms with Gasteiger partial charge in [0.1, 0.15) is 17.5 Å². The quantitative estimate of drug-likeness (QED) is 0.479. The molecule has 29 heavy (non-hydrogen) atoms. The van der Waals surface area contributed by atoms with Crippen molar-refractivity contribution in [2.75, 3.05) is 6.54 Å². The highest BCUT2D eigenvalue weighted by Gasteiger charge is 2.27. The molecule has 0 spiro atoms. The van der Waals surface area contributed by atoms with E-state index in [9.17, 15) is 19.8 Å². The molecule has 0 saturated heterocycles. The Morgan fingerprint density at radius 1 is 1.03 bits per heavy atom. The van der Waals surface area contributed by atoms with E-state index >= 15 is 0 Å². The monoisotopic (exact) mass is 439 g/mol. The van der Waals surface area contributed by atoms with Gasteiger partial charge in [-0.3, -0.25) is 9.59 Å². The lowest BCUT2D eigenvalue weighted by molar-refractivity contribution is -0.142. The summed E-state index contributed by atoms with van der Waals surface area (Å²) >= 11 is 12.0. The third-order valence-electron chi connectivity index (χ3n) is 4.23. The molecule has 2 atom stereocenters. The van der Waals surface area contributed by atoms with E-state index in [4.69, 9.17) is 27.9 Å². The van der Waals surface area contributed by atoms with Gasteiger partial charge in [-0.2, -0.15) is 0 Å². The highest BCUT2D eigenvalue weighted by molar-refractivity contribution is 6.34. The van der Waals surface area contributed by atoms with E-state index in [-0.39, 0.29) is 12.5 Å². The van der Waals surface area contributed by atoms with E-state index < -0.39 is 23.9 Å². The average Bonchev–Trinajstić information content (AvgIpc) is 2.60. The summed E-state index contributed by atoms with van der Waals surface area (Å²) in [6, 6.07) is 10.6. The average molecular weight is 440 g/mol. The van der Waals surface area contributed by atoms with Crippen LogP contribution in [0.2, 0.25) is 10.0 Å². The van der Waals surface area contributed by atoms with Crippen molar-refractivity contribution in [2.45, 2.75) is 32.2 Å². The molecule has 0 aliphatic heterocycles. The van der Waals surface area contributed by atoms with Gasteiger partial charge in [0.15, 0.2) is 0 Å². The lowest BCUT2D eigenvalue weighted by Crippen LogP contribution is -2.41. The van der Waals surface area contributed by atoms with Crippen molar-refractivity contribution in [2.24, 2.45) is 5.92 Å². The van der Waals surface area contributed by atoms with Gasteiger partial charge in [0.05, 0.1) is 5.92 Å². The van der Waals surface area contributed by atoms with Crippen LogP contribution >= 0.6 is 23.2 Å². The Kier molecular flexibility index (Phi) is 8.32. The summed E-state index contributed by atoms with van der Waals surface area (Å²) in [5, 5.41) is 22.8. The maximum Gasteiger partial charge on any atom is 0.320 e. The molecule has 0 radical (unpaired) electrons. The lowest BCUT2D eigenvalue weighted by atomic mass is 9.96. The van der Waals surface area contributed by atoms with Crippen LogP contribution in [0.15, 0.2) is 42.5 Å². The van der Waals surface area contributed by atoms with E-state index in [1.165, 1.54) is 0 Å². The number of carboxylic acid groups (broad SMARTS) is 2. The van der Waals surface area contributed by atoms with Crippen molar-refractivity contribution in [3.05, 3.63) is 58.1 Å². The second kappa shape index (κ2) is 10.5. The number of halogens is 2. The van der Waals surface area contributed by atoms with Crippen LogP contribution in [0, 0.1) is 5.92 Å². The third kappa shape index (κ3) is 6.92. The molecule has 2 unspecified atom stereocenters. The summed E-state index contributed by atoms with van der Waals surface area (Å²) in [5.41, 5.74) is 0.414. The smallest absolute Gasteiger partial charge is 0.320 e. The Hall–Kier alpha value is -2.28. The Labute approximate surface area is 179 Å². The number of benzene rings is 2. The summed E-state index contributed by atoms with van der Waals surface area (Å²) < 4.78 is 5.84. The fraction of sp³-hybridized carbons (Fsp3) is 0.333. The molecule has 6 nitrogen and oxygen atoms in total. The molecule has 156 valence electrons. The molecule has 0 saturated carbocycles. The number of para-hydroxylation sites is 1. The van der Waals surface area contributed by atoms with Crippen LogP contribution in [-0.2, 0) is 9.59 Å². The van der Waals surface area contributed by atoms with E-state index in [0.29, 0.717) is 33.5 Å². The number of hydrogen-bond donors (Lipinski definition) is 3. The van der Waals surface area contributed by atoms with Crippen molar-refractivity contribution >= 4 is 35.1 Å². The number of ether oxygens (including phenoxy) is 1. The molecule has 0 amide bonds. The van der Waals surface area contributed by atoms with Crippen LogP contribution < -0.4 is 10.1 Å². The molecule has 2 aromatic carbocycles. The van der Waals surface area contributed by atoms with Gasteiger partial charge in [-0.1, -0.05) is 55.2 Å². The first-order valence-corrected chi connectivity index (χ1v) is 9.84. The van der Waals surface area contributed by atoms with Crippen LogP contribution in [0.25, 0.3) is 0 Å². The second-order valence-corrected chi connectivity index (χ2v) is 7.94. The summed E-state index contributed by atoms with van der Waals surface area (Å²) in [5.74, 6) is -2.26. The molecule has 0 aliphatic carbocycles. The van der Waals surface area contributed by atoms with Crippen LogP contribution in [0.4, 0.5) is 0 Å². The molecule has 0 aromatic heterocycles. The predicted octanol–water partition coefficient (Wildman–Crippen LogP) is 5.04. The zero-order chi connectivity index (χ0) is 21.6. The summed E-state index contributed by atoms with van der Waals surface area (Å²) in [4.78, 5) is 23.4. The van der Waals surface area contributed by atoms with Crippen LogP contribution in [0.5, 0.6) is 11.5 Å². The van der Waals surface area contributed by atoms with E-state index in [1.54, 1.807) is 42.5 Å². The molecule has 2 aromatic rings. The predicted molar refractivity (Wildman–Crippen MR) is 112 cm³/mol. The van der Waals surface area contributed by atoms with Gasteiger partial charge in [0, 0.05) is 22.2 Å². The van der Waals surface area contributed by atoms with Crippen molar-refractivity contribution in [3.63, 3.8) is 0 Å². The standard InChI is InChI=1S/C21H23Cl2NO5/c1-12(2)7-18(21(27)28)24-11-17(20(25)26)16-5-3-4-6-19(16)29-15-9-13(22)8-14(23)10-15/h3-6,8-10,12,17-18,24H,7,11H2,1-2H3,(H,25,26)(H,27,28). The molecule has 3 N–H and O–H groups in total.